The van der Waals surface area contributed by atoms with E-state index in [0.29, 0.717) is 6.42 Å². The molecular weight excluding hydrogens is 212 g/mol. The second kappa shape index (κ2) is 3.98. The van der Waals surface area contributed by atoms with Crippen LogP contribution in [0.15, 0.2) is 0 Å². The second-order valence-corrected chi connectivity index (χ2v) is 4.77. The first-order valence-electron chi connectivity index (χ1n) is 5.56. The van der Waals surface area contributed by atoms with E-state index < -0.39 is 5.79 Å². The predicted molar refractivity (Wildman–Crippen MR) is 54.5 cm³/mol. The van der Waals surface area contributed by atoms with Gasteiger partial charge in [-0.1, -0.05) is 0 Å². The molecule has 0 aromatic heterocycles. The maximum absolute atomic E-state index is 10.8. The van der Waals surface area contributed by atoms with Crippen LogP contribution >= 0.6 is 0 Å². The van der Waals surface area contributed by atoms with Gasteiger partial charge in [0.25, 0.3) is 0 Å². The average Bonchev–Trinajstić information content (AvgIpc) is 2.55. The number of carbonyl (C=O) groups is 1. The number of hydrogen-bond acceptors (Lipinski definition) is 5. The monoisotopic (exact) mass is 230 g/mol. The molecule has 0 aliphatic carbocycles. The first-order chi connectivity index (χ1) is 7.37. The van der Waals surface area contributed by atoms with E-state index >= 15 is 0 Å². The number of fused-ring (bicyclic) bond motifs is 1. The maximum atomic E-state index is 10.8. The summed E-state index contributed by atoms with van der Waals surface area (Å²) in [6.07, 6.45) is -0.104. The Kier molecular flexibility index (Phi) is 2.94. The molecule has 0 spiro atoms. The summed E-state index contributed by atoms with van der Waals surface area (Å²) in [5.41, 5.74) is 0. The Morgan fingerprint density at radius 1 is 1.44 bits per heavy atom. The standard InChI is InChI=1S/C11H18O5/c1-6(13-7(2)12)8-5-9-10(14-8)16-11(3,4)15-9/h6,8-10H,5H2,1-4H3/t6?,8-,9+,10+/m0/s1. The Morgan fingerprint density at radius 3 is 2.69 bits per heavy atom. The van der Waals surface area contributed by atoms with Gasteiger partial charge in [0.05, 0.1) is 0 Å². The molecule has 1 unspecified atom stereocenters. The molecule has 0 aromatic rings. The summed E-state index contributed by atoms with van der Waals surface area (Å²) in [6, 6.07) is 0. The first-order valence-corrected chi connectivity index (χ1v) is 5.56. The Morgan fingerprint density at radius 2 is 2.12 bits per heavy atom. The van der Waals surface area contributed by atoms with Crippen LogP contribution < -0.4 is 0 Å². The van der Waals surface area contributed by atoms with E-state index in [2.05, 4.69) is 0 Å². The Labute approximate surface area is 95.0 Å². The van der Waals surface area contributed by atoms with E-state index in [1.165, 1.54) is 6.92 Å². The molecular formula is C11H18O5. The minimum Gasteiger partial charge on any atom is -0.460 e. The number of hydrogen-bond donors (Lipinski definition) is 0. The van der Waals surface area contributed by atoms with E-state index in [-0.39, 0.29) is 30.6 Å². The molecule has 0 aromatic carbocycles. The Hall–Kier alpha value is -0.650. The summed E-state index contributed by atoms with van der Waals surface area (Å²) in [5.74, 6) is -0.874. The van der Waals surface area contributed by atoms with Gasteiger partial charge >= 0.3 is 5.97 Å². The summed E-state index contributed by atoms with van der Waals surface area (Å²) < 4.78 is 22.0. The predicted octanol–water partition coefficient (Wildman–Crippen LogP) is 1.20. The molecule has 0 bridgehead atoms. The Bertz CT molecular complexity index is 272. The van der Waals surface area contributed by atoms with Crippen LogP contribution in [0.1, 0.15) is 34.1 Å². The minimum absolute atomic E-state index is 0.0574. The SMILES string of the molecule is CC(=O)OC(C)[C@@H]1C[C@H]2OC(C)(C)O[C@H]2O1. The van der Waals surface area contributed by atoms with E-state index in [4.69, 9.17) is 18.9 Å². The molecule has 0 saturated carbocycles. The lowest BCUT2D eigenvalue weighted by molar-refractivity contribution is -0.216. The van der Waals surface area contributed by atoms with Gasteiger partial charge in [-0.2, -0.15) is 0 Å². The van der Waals surface area contributed by atoms with Crippen molar-refractivity contribution >= 4 is 5.97 Å². The fourth-order valence-electron chi connectivity index (χ4n) is 2.17. The van der Waals surface area contributed by atoms with E-state index in [1.54, 1.807) is 0 Å². The molecule has 5 nitrogen and oxygen atoms in total. The molecule has 2 fully saturated rings. The van der Waals surface area contributed by atoms with Crippen molar-refractivity contribution in [3.63, 3.8) is 0 Å². The van der Waals surface area contributed by atoms with Crippen molar-refractivity contribution < 1.29 is 23.7 Å². The molecule has 0 amide bonds. The van der Waals surface area contributed by atoms with Crippen molar-refractivity contribution in [3.05, 3.63) is 0 Å². The zero-order valence-electron chi connectivity index (χ0n) is 10.1. The minimum atomic E-state index is -0.578. The summed E-state index contributed by atoms with van der Waals surface area (Å²) in [4.78, 5) is 10.8. The molecule has 92 valence electrons. The lowest BCUT2D eigenvalue weighted by Gasteiger charge is -2.23. The van der Waals surface area contributed by atoms with Crippen LogP contribution in [0.25, 0.3) is 0 Å². The third kappa shape index (κ3) is 2.36. The van der Waals surface area contributed by atoms with Gasteiger partial charge in [-0.05, 0) is 20.8 Å². The smallest absolute Gasteiger partial charge is 0.302 e. The lowest BCUT2D eigenvalue weighted by Crippen LogP contribution is -2.31. The molecule has 2 aliphatic rings. The van der Waals surface area contributed by atoms with Gasteiger partial charge in [0, 0.05) is 13.3 Å². The highest BCUT2D eigenvalue weighted by molar-refractivity contribution is 5.66. The van der Waals surface area contributed by atoms with Gasteiger partial charge in [-0.25, -0.2) is 0 Å². The number of carbonyl (C=O) groups excluding carboxylic acids is 1. The van der Waals surface area contributed by atoms with Crippen LogP contribution in [-0.4, -0.2) is 36.4 Å². The van der Waals surface area contributed by atoms with Crippen molar-refractivity contribution in [2.75, 3.05) is 0 Å². The highest BCUT2D eigenvalue weighted by Gasteiger charge is 2.50. The maximum Gasteiger partial charge on any atom is 0.302 e. The fourth-order valence-corrected chi connectivity index (χ4v) is 2.17. The van der Waals surface area contributed by atoms with Crippen molar-refractivity contribution in [1.82, 2.24) is 0 Å². The van der Waals surface area contributed by atoms with Crippen molar-refractivity contribution in [3.8, 4) is 0 Å². The van der Waals surface area contributed by atoms with E-state index in [0.717, 1.165) is 0 Å². The van der Waals surface area contributed by atoms with Gasteiger partial charge < -0.3 is 18.9 Å². The van der Waals surface area contributed by atoms with E-state index in [9.17, 15) is 4.79 Å². The van der Waals surface area contributed by atoms with E-state index in [1.807, 2.05) is 20.8 Å². The highest BCUT2D eigenvalue weighted by atomic mass is 16.8. The van der Waals surface area contributed by atoms with Crippen molar-refractivity contribution in [2.45, 2.75) is 64.5 Å². The molecule has 2 heterocycles. The average molecular weight is 230 g/mol. The second-order valence-electron chi connectivity index (χ2n) is 4.77. The fraction of sp³-hybridized carbons (Fsp3) is 0.909. The third-order valence-electron chi connectivity index (χ3n) is 2.79. The summed E-state index contributed by atoms with van der Waals surface area (Å²) in [6.45, 7) is 6.93. The van der Waals surface area contributed by atoms with Crippen LogP contribution in [0.2, 0.25) is 0 Å². The van der Waals surface area contributed by atoms with Crippen LogP contribution in [0, 0.1) is 0 Å². The van der Waals surface area contributed by atoms with Gasteiger partial charge in [0.1, 0.15) is 18.3 Å². The van der Waals surface area contributed by atoms with Gasteiger partial charge in [-0.15, -0.1) is 0 Å². The summed E-state index contributed by atoms with van der Waals surface area (Å²) in [5, 5.41) is 0. The normalized spacial score (nSPS) is 38.1. The molecule has 2 rings (SSSR count). The van der Waals surface area contributed by atoms with Gasteiger partial charge in [0.15, 0.2) is 12.1 Å². The van der Waals surface area contributed by atoms with Crippen LogP contribution in [0.3, 0.4) is 0 Å². The molecule has 2 aliphatic heterocycles. The molecule has 2 saturated heterocycles. The quantitative estimate of drug-likeness (QED) is 0.667. The van der Waals surface area contributed by atoms with Gasteiger partial charge in [-0.3, -0.25) is 4.79 Å². The highest BCUT2D eigenvalue weighted by Crippen LogP contribution is 2.38. The van der Waals surface area contributed by atoms with Crippen LogP contribution in [-0.2, 0) is 23.7 Å². The number of ether oxygens (including phenoxy) is 4. The molecule has 16 heavy (non-hydrogen) atoms. The molecule has 0 radical (unpaired) electrons. The van der Waals surface area contributed by atoms with Crippen LogP contribution in [0.4, 0.5) is 0 Å². The van der Waals surface area contributed by atoms with Gasteiger partial charge in [0.2, 0.25) is 0 Å². The number of esters is 1. The molecule has 5 heteroatoms. The topological polar surface area (TPSA) is 54.0 Å². The largest absolute Gasteiger partial charge is 0.460 e. The summed E-state index contributed by atoms with van der Waals surface area (Å²) in [7, 11) is 0. The first kappa shape index (κ1) is 11.8. The third-order valence-corrected chi connectivity index (χ3v) is 2.79. The summed E-state index contributed by atoms with van der Waals surface area (Å²) >= 11 is 0. The molecule has 0 N–H and O–H groups in total. The molecule has 4 atom stereocenters. The zero-order chi connectivity index (χ0) is 11.9. The van der Waals surface area contributed by atoms with Crippen molar-refractivity contribution in [2.24, 2.45) is 0 Å². The van der Waals surface area contributed by atoms with Crippen molar-refractivity contribution in [1.29, 1.82) is 0 Å². The van der Waals surface area contributed by atoms with Crippen LogP contribution in [0.5, 0.6) is 0 Å². The zero-order valence-corrected chi connectivity index (χ0v) is 10.1. The number of rotatable bonds is 2. The lowest BCUT2D eigenvalue weighted by atomic mass is 10.1. The Balaban J connectivity index is 1.89.